The van der Waals surface area contributed by atoms with E-state index < -0.39 is 5.91 Å². The fraction of sp³-hybridized carbons (Fsp3) is 0.167. The van der Waals surface area contributed by atoms with Gasteiger partial charge < -0.3 is 9.47 Å². The number of nitrogens with one attached hydrogen (secondary N) is 2. The zero-order valence-corrected chi connectivity index (χ0v) is 14.7. The Morgan fingerprint density at radius 3 is 2.54 bits per heavy atom. The number of rotatable bonds is 4. The quantitative estimate of drug-likeness (QED) is 0.630. The van der Waals surface area contributed by atoms with Crippen molar-refractivity contribution >= 4 is 11.8 Å². The molecule has 2 aromatic carbocycles. The molecule has 0 atom stereocenters. The van der Waals surface area contributed by atoms with E-state index in [9.17, 15) is 9.59 Å². The third-order valence-electron chi connectivity index (χ3n) is 4.03. The van der Waals surface area contributed by atoms with E-state index >= 15 is 0 Å². The molecule has 0 aliphatic carbocycles. The van der Waals surface area contributed by atoms with Crippen LogP contribution in [-0.4, -0.2) is 45.2 Å². The van der Waals surface area contributed by atoms with Gasteiger partial charge in [-0.1, -0.05) is 12.1 Å². The molecule has 0 bridgehead atoms. The molecular weight excluding hydrogens is 364 g/mol. The lowest BCUT2D eigenvalue weighted by Crippen LogP contribution is -2.42. The van der Waals surface area contributed by atoms with Gasteiger partial charge in [-0.05, 0) is 46.3 Å². The maximum Gasteiger partial charge on any atom is 0.269 e. The molecule has 1 aliphatic rings. The van der Waals surface area contributed by atoms with Gasteiger partial charge >= 0.3 is 0 Å². The topological polar surface area (TPSA) is 120 Å². The number of hydrogen-bond acceptors (Lipinski definition) is 7. The zero-order valence-electron chi connectivity index (χ0n) is 14.7. The molecule has 2 amide bonds. The Morgan fingerprint density at radius 1 is 1.00 bits per heavy atom. The molecule has 28 heavy (non-hydrogen) atoms. The predicted molar refractivity (Wildman–Crippen MR) is 95.9 cm³/mol. The lowest BCUT2D eigenvalue weighted by molar-refractivity contribution is -0.121. The van der Waals surface area contributed by atoms with Crippen molar-refractivity contribution in [1.82, 2.24) is 31.1 Å². The molecule has 0 saturated carbocycles. The van der Waals surface area contributed by atoms with Crippen molar-refractivity contribution in [2.75, 3.05) is 13.2 Å². The van der Waals surface area contributed by atoms with Gasteiger partial charge in [0.2, 0.25) is 5.91 Å². The molecule has 3 aromatic rings. The lowest BCUT2D eigenvalue weighted by Gasteiger charge is -2.18. The smallest absolute Gasteiger partial charge is 0.269 e. The Morgan fingerprint density at radius 2 is 1.79 bits per heavy atom. The predicted octanol–water partition coefficient (Wildman–Crippen LogP) is 0.437. The summed E-state index contributed by atoms with van der Waals surface area (Å²) in [4.78, 5) is 24.3. The highest BCUT2D eigenvalue weighted by Crippen LogP contribution is 2.30. The van der Waals surface area contributed by atoms with Crippen molar-refractivity contribution in [3.8, 4) is 17.2 Å². The van der Waals surface area contributed by atoms with Gasteiger partial charge in [0.25, 0.3) is 5.91 Å². The molecule has 10 nitrogen and oxygen atoms in total. The van der Waals surface area contributed by atoms with E-state index in [2.05, 4.69) is 26.4 Å². The van der Waals surface area contributed by atoms with Crippen LogP contribution < -0.4 is 20.3 Å². The number of carbonyl (C=O) groups excluding carboxylic acids is 2. The molecule has 2 heterocycles. The van der Waals surface area contributed by atoms with Crippen molar-refractivity contribution in [1.29, 1.82) is 0 Å². The molecule has 2 N–H and O–H groups in total. The number of nitrogens with zero attached hydrogens (tertiary/aromatic N) is 4. The molecule has 0 saturated heterocycles. The Hall–Kier alpha value is -3.95. The first kappa shape index (κ1) is 17.5. The van der Waals surface area contributed by atoms with Gasteiger partial charge in [-0.2, -0.15) is 0 Å². The fourth-order valence-electron chi connectivity index (χ4n) is 2.66. The summed E-state index contributed by atoms with van der Waals surface area (Å²) in [6.45, 7) is 0.909. The van der Waals surface area contributed by atoms with Crippen LogP contribution in [-0.2, 0) is 11.2 Å². The van der Waals surface area contributed by atoms with Crippen LogP contribution in [0.4, 0.5) is 0 Å². The largest absolute Gasteiger partial charge is 0.486 e. The molecule has 1 aromatic heterocycles. The van der Waals surface area contributed by atoms with Gasteiger partial charge in [-0.15, -0.1) is 5.10 Å². The first-order valence-electron chi connectivity index (χ1n) is 8.50. The summed E-state index contributed by atoms with van der Waals surface area (Å²) in [5.41, 5.74) is 6.71. The second-order valence-electron chi connectivity index (χ2n) is 5.96. The number of amides is 2. The molecule has 1 aliphatic heterocycles. The maximum atomic E-state index is 12.2. The third kappa shape index (κ3) is 3.90. The Kier molecular flexibility index (Phi) is 4.83. The van der Waals surface area contributed by atoms with E-state index in [4.69, 9.17) is 9.47 Å². The van der Waals surface area contributed by atoms with Crippen LogP contribution in [0.1, 0.15) is 15.9 Å². The second-order valence-corrected chi connectivity index (χ2v) is 5.96. The van der Waals surface area contributed by atoms with Gasteiger partial charge in [-0.25, -0.2) is 4.68 Å². The first-order chi connectivity index (χ1) is 13.7. The average Bonchev–Trinajstić information content (AvgIpc) is 3.27. The third-order valence-corrected chi connectivity index (χ3v) is 4.03. The molecule has 10 heteroatoms. The highest BCUT2D eigenvalue weighted by molar-refractivity contribution is 5.96. The zero-order chi connectivity index (χ0) is 19.3. The van der Waals surface area contributed by atoms with E-state index in [1.807, 2.05) is 0 Å². The van der Waals surface area contributed by atoms with Crippen LogP contribution in [0.5, 0.6) is 11.5 Å². The van der Waals surface area contributed by atoms with Crippen LogP contribution in [0, 0.1) is 0 Å². The molecule has 0 fully saturated rings. The second kappa shape index (κ2) is 7.74. The Labute approximate surface area is 159 Å². The van der Waals surface area contributed by atoms with E-state index in [1.165, 1.54) is 11.0 Å². The number of carbonyl (C=O) groups is 2. The summed E-state index contributed by atoms with van der Waals surface area (Å²) in [6, 6.07) is 12.0. The van der Waals surface area contributed by atoms with Crippen LogP contribution in [0.25, 0.3) is 5.69 Å². The van der Waals surface area contributed by atoms with Gasteiger partial charge in [0.15, 0.2) is 11.5 Å². The molecule has 0 radical (unpaired) electrons. The first-order valence-corrected chi connectivity index (χ1v) is 8.50. The van der Waals surface area contributed by atoms with Crippen molar-refractivity contribution < 1.29 is 19.1 Å². The number of benzene rings is 2. The minimum absolute atomic E-state index is 0.108. The van der Waals surface area contributed by atoms with E-state index in [0.717, 1.165) is 11.3 Å². The van der Waals surface area contributed by atoms with Gasteiger partial charge in [0, 0.05) is 5.56 Å². The molecule has 142 valence electrons. The van der Waals surface area contributed by atoms with Crippen molar-refractivity contribution in [3.05, 3.63) is 59.9 Å². The Balaban J connectivity index is 1.31. The van der Waals surface area contributed by atoms with Gasteiger partial charge in [-0.3, -0.25) is 20.4 Å². The fourth-order valence-corrected chi connectivity index (χ4v) is 2.66. The highest BCUT2D eigenvalue weighted by atomic mass is 16.6. The number of aromatic nitrogens is 4. The van der Waals surface area contributed by atoms with Crippen LogP contribution in [0.2, 0.25) is 0 Å². The number of tetrazole rings is 1. The molecule has 4 rings (SSSR count). The van der Waals surface area contributed by atoms with Crippen molar-refractivity contribution in [2.45, 2.75) is 6.42 Å². The summed E-state index contributed by atoms with van der Waals surface area (Å²) in [6.07, 6.45) is 1.59. The summed E-state index contributed by atoms with van der Waals surface area (Å²) >= 11 is 0. The van der Waals surface area contributed by atoms with Crippen molar-refractivity contribution in [2.24, 2.45) is 0 Å². The number of hydrogen-bond donors (Lipinski definition) is 2. The minimum Gasteiger partial charge on any atom is -0.486 e. The number of fused-ring (bicyclic) bond motifs is 1. The SMILES string of the molecule is O=C(Cc1ccc(-n2cnnn2)cc1)NNC(=O)c1ccc2c(c1)OCCO2. The summed E-state index contributed by atoms with van der Waals surface area (Å²) in [5.74, 6) is 0.310. The minimum atomic E-state index is -0.445. The van der Waals surface area contributed by atoms with E-state index in [-0.39, 0.29) is 12.3 Å². The standard InChI is InChI=1S/C18H16N6O4/c25-17(9-12-1-4-14(5-2-12)24-11-19-22-23-24)20-21-18(26)13-3-6-15-16(10-13)28-8-7-27-15/h1-6,10-11H,7-9H2,(H,20,25)(H,21,26). The van der Waals surface area contributed by atoms with Crippen LogP contribution >= 0.6 is 0 Å². The van der Waals surface area contributed by atoms with Gasteiger partial charge in [0.05, 0.1) is 12.1 Å². The van der Waals surface area contributed by atoms with Crippen LogP contribution in [0.15, 0.2) is 48.8 Å². The van der Waals surface area contributed by atoms with E-state index in [1.54, 1.807) is 42.5 Å². The molecular formula is C18H16N6O4. The average molecular weight is 380 g/mol. The summed E-state index contributed by atoms with van der Waals surface area (Å²) in [5, 5.41) is 10.9. The van der Waals surface area contributed by atoms with Gasteiger partial charge in [0.1, 0.15) is 19.5 Å². The normalized spacial score (nSPS) is 12.3. The molecule has 0 unspecified atom stereocenters. The maximum absolute atomic E-state index is 12.2. The van der Waals surface area contributed by atoms with Crippen molar-refractivity contribution in [3.63, 3.8) is 0 Å². The monoisotopic (exact) mass is 380 g/mol. The Bertz CT molecular complexity index is 988. The number of hydrazine groups is 1. The van der Waals surface area contributed by atoms with E-state index in [0.29, 0.717) is 30.3 Å². The summed E-state index contributed by atoms with van der Waals surface area (Å²) in [7, 11) is 0. The molecule has 0 spiro atoms. The summed E-state index contributed by atoms with van der Waals surface area (Å²) < 4.78 is 12.4. The highest BCUT2D eigenvalue weighted by Gasteiger charge is 2.15. The van der Waals surface area contributed by atoms with Crippen LogP contribution in [0.3, 0.4) is 0 Å². The number of ether oxygens (including phenoxy) is 2. The lowest BCUT2D eigenvalue weighted by atomic mass is 10.1.